The Morgan fingerprint density at radius 3 is 2.44 bits per heavy atom. The first kappa shape index (κ1) is 12.2. The molecule has 0 amide bonds. The predicted molar refractivity (Wildman–Crippen MR) is 70.3 cm³/mol. The van der Waals surface area contributed by atoms with Crippen molar-refractivity contribution in [3.63, 3.8) is 0 Å². The first-order chi connectivity index (χ1) is 8.92. The first-order valence-corrected chi connectivity index (χ1v) is 6.99. The quantitative estimate of drug-likeness (QED) is 0.870. The molecule has 3 rings (SSSR count). The summed E-state index contributed by atoms with van der Waals surface area (Å²) in [6, 6.07) is 10.6. The maximum absolute atomic E-state index is 6.11. The van der Waals surface area contributed by atoms with E-state index in [0.29, 0.717) is 0 Å². The third-order valence-electron chi connectivity index (χ3n) is 3.87. The largest absolute Gasteiger partial charge is 0.345 e. The van der Waals surface area contributed by atoms with Gasteiger partial charge in [0.2, 0.25) is 5.79 Å². The summed E-state index contributed by atoms with van der Waals surface area (Å²) in [5, 5.41) is 3.58. The summed E-state index contributed by atoms with van der Waals surface area (Å²) in [6.07, 6.45) is 4.61. The van der Waals surface area contributed by atoms with E-state index in [4.69, 9.17) is 9.47 Å². The number of nitrogens with one attached hydrogen (secondary N) is 1. The summed E-state index contributed by atoms with van der Waals surface area (Å²) >= 11 is 0. The Hall–Kier alpha value is -0.900. The van der Waals surface area contributed by atoms with Gasteiger partial charge in [0.05, 0.1) is 19.3 Å². The van der Waals surface area contributed by atoms with Crippen molar-refractivity contribution in [2.45, 2.75) is 37.5 Å². The van der Waals surface area contributed by atoms with E-state index in [1.165, 1.54) is 12.8 Å². The molecule has 0 spiro atoms. The van der Waals surface area contributed by atoms with Gasteiger partial charge in [-0.3, -0.25) is 0 Å². The standard InChI is InChI=1S/C15H21NO2/c1-2-7-13(8-3-1)15(17-11-6-12-18-15)14-9-4-5-10-16-14/h1-3,7-8,14,16H,4-6,9-12H2. The van der Waals surface area contributed by atoms with Crippen LogP contribution in [0, 0.1) is 0 Å². The molecule has 1 N–H and O–H groups in total. The van der Waals surface area contributed by atoms with Crippen LogP contribution in [0.3, 0.4) is 0 Å². The second-order valence-electron chi connectivity index (χ2n) is 5.09. The maximum atomic E-state index is 6.11. The number of ether oxygens (including phenoxy) is 2. The van der Waals surface area contributed by atoms with Gasteiger partial charge in [0.25, 0.3) is 0 Å². The van der Waals surface area contributed by atoms with Gasteiger partial charge in [-0.15, -0.1) is 0 Å². The molecule has 3 nitrogen and oxygen atoms in total. The topological polar surface area (TPSA) is 30.5 Å². The van der Waals surface area contributed by atoms with E-state index >= 15 is 0 Å². The second kappa shape index (κ2) is 5.39. The first-order valence-electron chi connectivity index (χ1n) is 6.99. The summed E-state index contributed by atoms with van der Waals surface area (Å²) in [5.41, 5.74) is 1.14. The van der Waals surface area contributed by atoms with Crippen molar-refractivity contribution < 1.29 is 9.47 Å². The van der Waals surface area contributed by atoms with Gasteiger partial charge in [-0.05, 0) is 25.8 Å². The Morgan fingerprint density at radius 2 is 1.78 bits per heavy atom. The SMILES string of the molecule is c1ccc(C2(C3CCCCN3)OCCCO2)cc1. The van der Waals surface area contributed by atoms with Gasteiger partial charge >= 0.3 is 0 Å². The van der Waals surface area contributed by atoms with Gasteiger partial charge in [0, 0.05) is 5.56 Å². The van der Waals surface area contributed by atoms with Crippen LogP contribution in [-0.2, 0) is 15.3 Å². The molecule has 2 saturated heterocycles. The van der Waals surface area contributed by atoms with Crippen LogP contribution in [0.5, 0.6) is 0 Å². The van der Waals surface area contributed by atoms with E-state index in [1.807, 2.05) is 6.07 Å². The van der Waals surface area contributed by atoms with E-state index in [9.17, 15) is 0 Å². The summed E-state index contributed by atoms with van der Waals surface area (Å²) < 4.78 is 12.2. The molecule has 0 saturated carbocycles. The summed E-state index contributed by atoms with van der Waals surface area (Å²) in [6.45, 7) is 2.63. The molecule has 0 aliphatic carbocycles. The van der Waals surface area contributed by atoms with Gasteiger partial charge < -0.3 is 14.8 Å². The highest BCUT2D eigenvalue weighted by atomic mass is 16.7. The van der Waals surface area contributed by atoms with E-state index < -0.39 is 5.79 Å². The Balaban J connectivity index is 1.92. The van der Waals surface area contributed by atoms with Crippen molar-refractivity contribution in [1.29, 1.82) is 0 Å². The molecule has 0 aromatic heterocycles. The van der Waals surface area contributed by atoms with Crippen molar-refractivity contribution >= 4 is 0 Å². The molecule has 2 heterocycles. The van der Waals surface area contributed by atoms with E-state index in [0.717, 1.165) is 38.2 Å². The fourth-order valence-corrected chi connectivity index (χ4v) is 2.96. The minimum atomic E-state index is -0.570. The molecule has 1 aromatic rings. The summed E-state index contributed by atoms with van der Waals surface area (Å²) in [4.78, 5) is 0. The Labute approximate surface area is 108 Å². The van der Waals surface area contributed by atoms with Gasteiger partial charge in [0.1, 0.15) is 0 Å². The van der Waals surface area contributed by atoms with Crippen LogP contribution < -0.4 is 5.32 Å². The number of benzene rings is 1. The fraction of sp³-hybridized carbons (Fsp3) is 0.600. The van der Waals surface area contributed by atoms with Gasteiger partial charge in [-0.2, -0.15) is 0 Å². The zero-order chi connectivity index (χ0) is 12.3. The minimum absolute atomic E-state index is 0.272. The van der Waals surface area contributed by atoms with Crippen LogP contribution >= 0.6 is 0 Å². The van der Waals surface area contributed by atoms with Crippen LogP contribution in [-0.4, -0.2) is 25.8 Å². The molecule has 3 heteroatoms. The van der Waals surface area contributed by atoms with Crippen LogP contribution in [0.1, 0.15) is 31.2 Å². The van der Waals surface area contributed by atoms with Gasteiger partial charge in [-0.25, -0.2) is 0 Å². The lowest BCUT2D eigenvalue weighted by atomic mass is 9.90. The highest BCUT2D eigenvalue weighted by Crippen LogP contribution is 2.37. The van der Waals surface area contributed by atoms with Gasteiger partial charge in [0.15, 0.2) is 0 Å². The second-order valence-corrected chi connectivity index (χ2v) is 5.09. The number of rotatable bonds is 2. The average molecular weight is 247 g/mol. The van der Waals surface area contributed by atoms with Crippen molar-refractivity contribution in [1.82, 2.24) is 5.32 Å². The third kappa shape index (κ3) is 2.18. The maximum Gasteiger partial charge on any atom is 0.210 e. The molecule has 2 aliphatic rings. The highest BCUT2D eigenvalue weighted by molar-refractivity contribution is 5.23. The zero-order valence-corrected chi connectivity index (χ0v) is 10.7. The molecule has 0 radical (unpaired) electrons. The lowest BCUT2D eigenvalue weighted by molar-refractivity contribution is -0.293. The van der Waals surface area contributed by atoms with E-state index in [1.54, 1.807) is 0 Å². The number of hydrogen-bond donors (Lipinski definition) is 1. The molecule has 2 fully saturated rings. The molecular formula is C15H21NO2. The Bertz CT molecular complexity index is 367. The molecule has 1 atom stereocenters. The molecule has 1 unspecified atom stereocenters. The van der Waals surface area contributed by atoms with Crippen LogP contribution in [0.15, 0.2) is 30.3 Å². The molecule has 2 aliphatic heterocycles. The lowest BCUT2D eigenvalue weighted by Gasteiger charge is -2.45. The van der Waals surface area contributed by atoms with E-state index in [2.05, 4.69) is 29.6 Å². The minimum Gasteiger partial charge on any atom is -0.345 e. The predicted octanol–water partition coefficient (Wildman–Crippen LogP) is 2.42. The number of piperidine rings is 1. The summed E-state index contributed by atoms with van der Waals surface area (Å²) in [5.74, 6) is -0.570. The van der Waals surface area contributed by atoms with Gasteiger partial charge in [-0.1, -0.05) is 36.8 Å². The van der Waals surface area contributed by atoms with Crippen molar-refractivity contribution in [2.24, 2.45) is 0 Å². The van der Waals surface area contributed by atoms with Crippen molar-refractivity contribution in [2.75, 3.05) is 19.8 Å². The van der Waals surface area contributed by atoms with Crippen LogP contribution in [0.25, 0.3) is 0 Å². The molecule has 18 heavy (non-hydrogen) atoms. The third-order valence-corrected chi connectivity index (χ3v) is 3.87. The fourth-order valence-electron chi connectivity index (χ4n) is 2.96. The van der Waals surface area contributed by atoms with Crippen molar-refractivity contribution in [3.05, 3.63) is 35.9 Å². The Kier molecular flexibility index (Phi) is 3.64. The summed E-state index contributed by atoms with van der Waals surface area (Å²) in [7, 11) is 0. The Morgan fingerprint density at radius 1 is 1.00 bits per heavy atom. The molecule has 98 valence electrons. The van der Waals surface area contributed by atoms with Crippen molar-refractivity contribution in [3.8, 4) is 0 Å². The lowest BCUT2D eigenvalue weighted by Crippen LogP contribution is -2.55. The monoisotopic (exact) mass is 247 g/mol. The number of hydrogen-bond acceptors (Lipinski definition) is 3. The molecule has 0 bridgehead atoms. The average Bonchev–Trinajstić information content (AvgIpc) is 2.50. The van der Waals surface area contributed by atoms with E-state index in [-0.39, 0.29) is 6.04 Å². The molecule has 1 aromatic carbocycles. The molecular weight excluding hydrogens is 226 g/mol. The highest BCUT2D eigenvalue weighted by Gasteiger charge is 2.44. The normalized spacial score (nSPS) is 27.9. The van der Waals surface area contributed by atoms with Crippen LogP contribution in [0.2, 0.25) is 0 Å². The smallest absolute Gasteiger partial charge is 0.210 e. The zero-order valence-electron chi connectivity index (χ0n) is 10.7. The van der Waals surface area contributed by atoms with Crippen LogP contribution in [0.4, 0.5) is 0 Å².